The number of rotatable bonds is 2. The van der Waals surface area contributed by atoms with Crippen LogP contribution in [0.5, 0.6) is 0 Å². The van der Waals surface area contributed by atoms with E-state index in [1.54, 1.807) is 0 Å². The van der Waals surface area contributed by atoms with Crippen molar-refractivity contribution in [2.45, 2.75) is 25.3 Å². The van der Waals surface area contributed by atoms with Crippen LogP contribution in [0.4, 0.5) is 10.1 Å². The van der Waals surface area contributed by atoms with Crippen LogP contribution >= 0.6 is 11.3 Å². The minimum absolute atomic E-state index is 0.115. The minimum atomic E-state index is -0.379. The highest BCUT2D eigenvalue weighted by Crippen LogP contribution is 2.39. The summed E-state index contributed by atoms with van der Waals surface area (Å²) >= 11 is 1.16. The first-order valence-electron chi connectivity index (χ1n) is 6.26. The van der Waals surface area contributed by atoms with Gasteiger partial charge >= 0.3 is 5.00 Å². The minimum Gasteiger partial charge on any atom is -0.347 e. The molecule has 2 N–H and O–H groups in total. The average Bonchev–Trinajstić information content (AvgIpc) is 2.95. The zero-order chi connectivity index (χ0) is 12.7. The lowest BCUT2D eigenvalue weighted by Gasteiger charge is -2.29. The molecule has 3 rings (SSSR count). The van der Waals surface area contributed by atoms with Gasteiger partial charge in [0.25, 0.3) is 0 Å². The predicted octanol–water partition coefficient (Wildman–Crippen LogP) is 1.61. The summed E-state index contributed by atoms with van der Waals surface area (Å²) in [4.78, 5) is 16.6. The van der Waals surface area contributed by atoms with E-state index in [2.05, 4.69) is 9.88 Å². The zero-order valence-corrected chi connectivity index (χ0v) is 10.8. The summed E-state index contributed by atoms with van der Waals surface area (Å²) in [5, 5.41) is 11.6. The van der Waals surface area contributed by atoms with Crippen LogP contribution in [0.15, 0.2) is 6.20 Å². The Morgan fingerprint density at radius 2 is 2.33 bits per heavy atom. The van der Waals surface area contributed by atoms with Gasteiger partial charge in [-0.15, -0.1) is 0 Å². The number of thiazole rings is 1. The lowest BCUT2D eigenvalue weighted by molar-refractivity contribution is -0.380. The summed E-state index contributed by atoms with van der Waals surface area (Å²) < 4.78 is 0. The SMILES string of the molecule is NC1CCCC2CN(c3ncc([N+](=O)[O-])s3)CC12. The Morgan fingerprint density at radius 3 is 3.00 bits per heavy atom. The van der Waals surface area contributed by atoms with Crippen molar-refractivity contribution in [3.8, 4) is 0 Å². The van der Waals surface area contributed by atoms with E-state index in [9.17, 15) is 10.1 Å². The highest BCUT2D eigenvalue weighted by molar-refractivity contribution is 7.18. The van der Waals surface area contributed by atoms with Gasteiger partial charge in [0.1, 0.15) is 6.20 Å². The molecule has 1 aromatic rings. The van der Waals surface area contributed by atoms with E-state index in [1.165, 1.54) is 19.0 Å². The topological polar surface area (TPSA) is 85.3 Å². The van der Waals surface area contributed by atoms with Crippen LogP contribution < -0.4 is 10.6 Å². The quantitative estimate of drug-likeness (QED) is 0.650. The molecule has 1 aliphatic carbocycles. The Bertz CT molecular complexity index is 464. The first kappa shape index (κ1) is 11.9. The van der Waals surface area contributed by atoms with Crippen molar-refractivity contribution in [1.82, 2.24) is 4.98 Å². The van der Waals surface area contributed by atoms with Gasteiger partial charge in [-0.05, 0) is 36.0 Å². The fraction of sp³-hybridized carbons (Fsp3) is 0.727. The molecule has 0 bridgehead atoms. The Kier molecular flexibility index (Phi) is 2.95. The second kappa shape index (κ2) is 4.47. The average molecular weight is 268 g/mol. The summed E-state index contributed by atoms with van der Waals surface area (Å²) in [7, 11) is 0. The lowest BCUT2D eigenvalue weighted by atomic mass is 9.78. The van der Waals surface area contributed by atoms with Crippen molar-refractivity contribution in [1.29, 1.82) is 0 Å². The van der Waals surface area contributed by atoms with Crippen LogP contribution in [0.1, 0.15) is 19.3 Å². The molecule has 3 unspecified atom stereocenters. The van der Waals surface area contributed by atoms with Gasteiger partial charge in [-0.25, -0.2) is 4.98 Å². The van der Waals surface area contributed by atoms with Crippen molar-refractivity contribution < 1.29 is 4.92 Å². The first-order chi connectivity index (χ1) is 8.65. The molecule has 6 nitrogen and oxygen atoms in total. The van der Waals surface area contributed by atoms with E-state index in [0.29, 0.717) is 11.8 Å². The van der Waals surface area contributed by atoms with E-state index < -0.39 is 0 Å². The number of nitrogens with two attached hydrogens (primary N) is 1. The molecule has 18 heavy (non-hydrogen) atoms. The van der Waals surface area contributed by atoms with E-state index in [0.717, 1.165) is 36.0 Å². The molecule has 98 valence electrons. The molecule has 0 aromatic carbocycles. The maximum absolute atomic E-state index is 10.7. The Hall–Kier alpha value is -1.21. The third-order valence-electron chi connectivity index (χ3n) is 4.09. The molecule has 0 radical (unpaired) electrons. The maximum Gasteiger partial charge on any atom is 0.345 e. The summed E-state index contributed by atoms with van der Waals surface area (Å²) in [6.45, 7) is 1.85. The fourth-order valence-corrected chi connectivity index (χ4v) is 3.91. The van der Waals surface area contributed by atoms with Gasteiger partial charge in [-0.3, -0.25) is 10.1 Å². The standard InChI is InChI=1S/C11H16N4O2S/c12-9-3-1-2-7-5-14(6-8(7)9)11-13-4-10(18-11)15(16)17/h4,7-9H,1-3,5-6,12H2. The van der Waals surface area contributed by atoms with Crippen molar-refractivity contribution in [2.75, 3.05) is 18.0 Å². The number of hydrogen-bond donors (Lipinski definition) is 1. The molecule has 1 saturated carbocycles. The van der Waals surface area contributed by atoms with Crippen LogP contribution in [-0.4, -0.2) is 29.0 Å². The molecule has 0 amide bonds. The van der Waals surface area contributed by atoms with Crippen molar-refractivity contribution >= 4 is 21.5 Å². The number of aromatic nitrogens is 1. The third kappa shape index (κ3) is 1.97. The highest BCUT2D eigenvalue weighted by atomic mass is 32.1. The monoisotopic (exact) mass is 268 g/mol. The molecular weight excluding hydrogens is 252 g/mol. The van der Waals surface area contributed by atoms with Gasteiger partial charge in [0, 0.05) is 19.1 Å². The summed E-state index contributed by atoms with van der Waals surface area (Å²) in [5.41, 5.74) is 6.16. The van der Waals surface area contributed by atoms with Crippen molar-refractivity contribution in [3.63, 3.8) is 0 Å². The highest BCUT2D eigenvalue weighted by Gasteiger charge is 2.39. The number of nitro groups is 1. The predicted molar refractivity (Wildman–Crippen MR) is 69.8 cm³/mol. The molecule has 1 saturated heterocycles. The zero-order valence-electron chi connectivity index (χ0n) is 9.99. The van der Waals surface area contributed by atoms with Gasteiger partial charge in [0.15, 0.2) is 5.13 Å². The van der Waals surface area contributed by atoms with Crippen LogP contribution in [0.2, 0.25) is 0 Å². The van der Waals surface area contributed by atoms with Crippen LogP contribution in [0, 0.1) is 22.0 Å². The van der Waals surface area contributed by atoms with Crippen LogP contribution in [0.25, 0.3) is 0 Å². The Balaban J connectivity index is 1.76. The van der Waals surface area contributed by atoms with E-state index in [1.807, 2.05) is 0 Å². The molecule has 2 fully saturated rings. The van der Waals surface area contributed by atoms with Gasteiger partial charge in [-0.2, -0.15) is 0 Å². The van der Waals surface area contributed by atoms with Crippen molar-refractivity contribution in [3.05, 3.63) is 16.3 Å². The Labute approximate surface area is 109 Å². The molecule has 7 heteroatoms. The number of fused-ring (bicyclic) bond motifs is 1. The molecule has 3 atom stereocenters. The second-order valence-corrected chi connectivity index (χ2v) is 6.15. The largest absolute Gasteiger partial charge is 0.347 e. The first-order valence-corrected chi connectivity index (χ1v) is 7.07. The molecule has 2 aliphatic rings. The van der Waals surface area contributed by atoms with E-state index >= 15 is 0 Å². The van der Waals surface area contributed by atoms with Crippen LogP contribution in [-0.2, 0) is 0 Å². The smallest absolute Gasteiger partial charge is 0.345 e. The number of hydrogen-bond acceptors (Lipinski definition) is 6. The number of nitrogens with zero attached hydrogens (tertiary/aromatic N) is 3. The van der Waals surface area contributed by atoms with E-state index in [4.69, 9.17) is 5.73 Å². The third-order valence-corrected chi connectivity index (χ3v) is 5.10. The summed E-state index contributed by atoms with van der Waals surface area (Å²) in [6.07, 6.45) is 4.88. The van der Waals surface area contributed by atoms with Crippen LogP contribution in [0.3, 0.4) is 0 Å². The van der Waals surface area contributed by atoms with Gasteiger partial charge in [0.2, 0.25) is 0 Å². The summed E-state index contributed by atoms with van der Waals surface area (Å²) in [5.74, 6) is 1.17. The van der Waals surface area contributed by atoms with Gasteiger partial charge in [-0.1, -0.05) is 6.42 Å². The van der Waals surface area contributed by atoms with Gasteiger partial charge < -0.3 is 10.6 Å². The molecular formula is C11H16N4O2S. The maximum atomic E-state index is 10.7. The lowest BCUT2D eigenvalue weighted by Crippen LogP contribution is -2.38. The molecule has 2 heterocycles. The molecule has 0 spiro atoms. The summed E-state index contributed by atoms with van der Waals surface area (Å²) in [6, 6.07) is 0.281. The van der Waals surface area contributed by atoms with Crippen molar-refractivity contribution in [2.24, 2.45) is 17.6 Å². The van der Waals surface area contributed by atoms with E-state index in [-0.39, 0.29) is 16.0 Å². The molecule has 1 aliphatic heterocycles. The second-order valence-electron chi connectivity index (χ2n) is 5.16. The fourth-order valence-electron chi connectivity index (χ4n) is 3.16. The number of anilines is 1. The normalized spacial score (nSPS) is 31.4. The molecule has 1 aromatic heterocycles. The van der Waals surface area contributed by atoms with Gasteiger partial charge in [0.05, 0.1) is 4.92 Å². The Morgan fingerprint density at radius 1 is 1.50 bits per heavy atom.